The molecule has 1 amide bonds. The van der Waals surface area contributed by atoms with Gasteiger partial charge in [-0.25, -0.2) is 9.97 Å². The lowest BCUT2D eigenvalue weighted by atomic mass is 9.84. The molecule has 1 N–H and O–H groups in total. The van der Waals surface area contributed by atoms with Gasteiger partial charge in [-0.05, 0) is 76.8 Å². The van der Waals surface area contributed by atoms with E-state index in [1.165, 1.54) is 30.5 Å². The standard InChI is InChI=1S/C27H40N4O2S/c1-4-19(2)33-27-10-7-22-12-15-31(16-13-25(22)30-27)14-11-21-5-8-23(9-6-21)29-26(32)17-24-18-28-20(3)34-24/h7,10,18-19,21,23H,4-6,8-9,11-17H2,1-3H3,(H,29,32)/t19?,21-,23-. The molecule has 7 heteroatoms. The molecule has 1 atom stereocenters. The van der Waals surface area contributed by atoms with Gasteiger partial charge in [0.2, 0.25) is 11.8 Å². The van der Waals surface area contributed by atoms with Crippen LogP contribution < -0.4 is 10.1 Å². The van der Waals surface area contributed by atoms with Crippen molar-refractivity contribution in [2.24, 2.45) is 5.92 Å². The van der Waals surface area contributed by atoms with E-state index in [4.69, 9.17) is 9.72 Å². The third-order valence-corrected chi connectivity index (χ3v) is 8.28. The number of carbonyl (C=O) groups excluding carboxylic acids is 1. The Morgan fingerprint density at radius 2 is 2.03 bits per heavy atom. The summed E-state index contributed by atoms with van der Waals surface area (Å²) in [6.45, 7) is 9.57. The summed E-state index contributed by atoms with van der Waals surface area (Å²) in [4.78, 5) is 25.1. The Labute approximate surface area is 208 Å². The van der Waals surface area contributed by atoms with E-state index in [1.807, 2.05) is 19.2 Å². The summed E-state index contributed by atoms with van der Waals surface area (Å²) < 4.78 is 5.93. The van der Waals surface area contributed by atoms with Crippen molar-refractivity contribution in [1.29, 1.82) is 0 Å². The Kier molecular flexibility index (Phi) is 8.95. The van der Waals surface area contributed by atoms with Crippen molar-refractivity contribution in [2.45, 2.75) is 90.7 Å². The van der Waals surface area contributed by atoms with Gasteiger partial charge in [-0.15, -0.1) is 11.3 Å². The minimum atomic E-state index is 0.141. The zero-order valence-electron chi connectivity index (χ0n) is 21.0. The Hall–Kier alpha value is -1.99. The van der Waals surface area contributed by atoms with E-state index in [9.17, 15) is 4.79 Å². The van der Waals surface area contributed by atoms with Crippen molar-refractivity contribution in [3.8, 4) is 5.88 Å². The van der Waals surface area contributed by atoms with E-state index in [0.29, 0.717) is 12.5 Å². The largest absolute Gasteiger partial charge is 0.475 e. The monoisotopic (exact) mass is 484 g/mol. The van der Waals surface area contributed by atoms with Crippen LogP contribution in [0.4, 0.5) is 0 Å². The first-order chi connectivity index (χ1) is 16.5. The second kappa shape index (κ2) is 12.1. The van der Waals surface area contributed by atoms with Crippen LogP contribution in [-0.4, -0.2) is 52.6 Å². The van der Waals surface area contributed by atoms with Gasteiger partial charge in [-0.2, -0.15) is 0 Å². The summed E-state index contributed by atoms with van der Waals surface area (Å²) in [7, 11) is 0. The van der Waals surface area contributed by atoms with E-state index in [2.05, 4.69) is 35.1 Å². The maximum absolute atomic E-state index is 12.4. The van der Waals surface area contributed by atoms with Gasteiger partial charge in [0.25, 0.3) is 0 Å². The van der Waals surface area contributed by atoms with Gasteiger partial charge >= 0.3 is 0 Å². The number of hydrogen-bond acceptors (Lipinski definition) is 6. The van der Waals surface area contributed by atoms with Crippen LogP contribution in [0.15, 0.2) is 18.3 Å². The van der Waals surface area contributed by atoms with Gasteiger partial charge in [0.05, 0.1) is 17.5 Å². The number of thiazole rings is 1. The van der Waals surface area contributed by atoms with Crippen LogP contribution in [0, 0.1) is 12.8 Å². The smallest absolute Gasteiger partial charge is 0.225 e. The first kappa shape index (κ1) is 25.1. The molecule has 1 saturated carbocycles. The lowest BCUT2D eigenvalue weighted by Crippen LogP contribution is -2.38. The Balaban J connectivity index is 1.16. The normalized spacial score (nSPS) is 22.0. The van der Waals surface area contributed by atoms with Crippen LogP contribution in [0.5, 0.6) is 5.88 Å². The molecule has 3 heterocycles. The van der Waals surface area contributed by atoms with Crippen LogP contribution in [-0.2, 0) is 24.1 Å². The number of fused-ring (bicyclic) bond motifs is 1. The first-order valence-electron chi connectivity index (χ1n) is 13.1. The molecule has 0 aromatic carbocycles. The number of pyridine rings is 1. The molecule has 2 aromatic rings. The van der Waals surface area contributed by atoms with Gasteiger partial charge in [-0.3, -0.25) is 4.79 Å². The Morgan fingerprint density at radius 3 is 2.76 bits per heavy atom. The van der Waals surface area contributed by atoms with Crippen LogP contribution in [0.25, 0.3) is 0 Å². The number of nitrogens with zero attached hydrogens (tertiary/aromatic N) is 3. The second-order valence-corrected chi connectivity index (χ2v) is 11.3. The van der Waals surface area contributed by atoms with Crippen molar-refractivity contribution in [1.82, 2.24) is 20.2 Å². The molecule has 2 aliphatic rings. The van der Waals surface area contributed by atoms with E-state index in [0.717, 1.165) is 73.4 Å². The molecule has 34 heavy (non-hydrogen) atoms. The predicted octanol–water partition coefficient (Wildman–Crippen LogP) is 4.73. The highest BCUT2D eigenvalue weighted by atomic mass is 32.1. The average molecular weight is 485 g/mol. The third kappa shape index (κ3) is 7.25. The first-order valence-corrected chi connectivity index (χ1v) is 13.9. The molecule has 6 nitrogen and oxygen atoms in total. The minimum Gasteiger partial charge on any atom is -0.475 e. The van der Waals surface area contributed by atoms with Gasteiger partial charge in [0, 0.05) is 48.4 Å². The van der Waals surface area contributed by atoms with Gasteiger partial charge in [-0.1, -0.05) is 13.0 Å². The van der Waals surface area contributed by atoms with E-state index < -0.39 is 0 Å². The molecule has 1 aliphatic heterocycles. The predicted molar refractivity (Wildman–Crippen MR) is 138 cm³/mol. The molecule has 1 unspecified atom stereocenters. The van der Waals surface area contributed by atoms with Crippen molar-refractivity contribution < 1.29 is 9.53 Å². The highest BCUT2D eigenvalue weighted by molar-refractivity contribution is 7.11. The molecule has 1 fully saturated rings. The number of nitrogens with one attached hydrogen (secondary N) is 1. The molecule has 0 radical (unpaired) electrons. The van der Waals surface area contributed by atoms with Gasteiger partial charge in [0.15, 0.2) is 0 Å². The highest BCUT2D eigenvalue weighted by Crippen LogP contribution is 2.28. The minimum absolute atomic E-state index is 0.141. The van der Waals surface area contributed by atoms with Gasteiger partial charge < -0.3 is 15.0 Å². The van der Waals surface area contributed by atoms with Crippen molar-refractivity contribution in [2.75, 3.05) is 19.6 Å². The highest BCUT2D eigenvalue weighted by Gasteiger charge is 2.24. The average Bonchev–Trinajstić information content (AvgIpc) is 3.12. The lowest BCUT2D eigenvalue weighted by Gasteiger charge is -2.30. The van der Waals surface area contributed by atoms with Crippen LogP contribution in [0.3, 0.4) is 0 Å². The summed E-state index contributed by atoms with van der Waals surface area (Å²) in [6, 6.07) is 4.59. The number of aryl methyl sites for hydroxylation is 1. The Morgan fingerprint density at radius 1 is 1.24 bits per heavy atom. The van der Waals surface area contributed by atoms with Crippen molar-refractivity contribution in [3.63, 3.8) is 0 Å². The summed E-state index contributed by atoms with van der Waals surface area (Å²) in [5.41, 5.74) is 2.59. The van der Waals surface area contributed by atoms with Gasteiger partial charge in [0.1, 0.15) is 0 Å². The maximum atomic E-state index is 12.4. The quantitative estimate of drug-likeness (QED) is 0.557. The topological polar surface area (TPSA) is 67.3 Å². The molecule has 0 spiro atoms. The Bertz CT molecular complexity index is 938. The fourth-order valence-corrected chi connectivity index (χ4v) is 5.87. The summed E-state index contributed by atoms with van der Waals surface area (Å²) in [6.07, 6.45) is 11.5. The fraction of sp³-hybridized carbons (Fsp3) is 0.667. The van der Waals surface area contributed by atoms with Crippen LogP contribution in [0.1, 0.15) is 73.5 Å². The fourth-order valence-electron chi connectivity index (χ4n) is 5.07. The summed E-state index contributed by atoms with van der Waals surface area (Å²) >= 11 is 1.61. The lowest BCUT2D eigenvalue weighted by molar-refractivity contribution is -0.121. The number of rotatable bonds is 9. The molecule has 0 saturated heterocycles. The number of hydrogen-bond donors (Lipinski definition) is 1. The SMILES string of the molecule is CCC(C)Oc1ccc2c(n1)CCN(CC[C@H]1CC[C@H](NC(=O)Cc3cnc(C)s3)CC1)CC2. The molecule has 2 aromatic heterocycles. The molecule has 1 aliphatic carbocycles. The zero-order chi connectivity index (χ0) is 23.9. The molecule has 186 valence electrons. The van der Waals surface area contributed by atoms with E-state index >= 15 is 0 Å². The number of aromatic nitrogens is 2. The van der Waals surface area contributed by atoms with E-state index in [-0.39, 0.29) is 12.0 Å². The molecular weight excluding hydrogens is 444 g/mol. The number of amides is 1. The van der Waals surface area contributed by atoms with Crippen molar-refractivity contribution >= 4 is 17.2 Å². The molecule has 0 bridgehead atoms. The van der Waals surface area contributed by atoms with E-state index in [1.54, 1.807) is 11.3 Å². The van der Waals surface area contributed by atoms with Crippen LogP contribution >= 0.6 is 11.3 Å². The summed E-state index contributed by atoms with van der Waals surface area (Å²) in [5, 5.41) is 4.27. The molecule has 4 rings (SSSR count). The zero-order valence-corrected chi connectivity index (χ0v) is 21.8. The summed E-state index contributed by atoms with van der Waals surface area (Å²) in [5.74, 6) is 1.69. The van der Waals surface area contributed by atoms with Crippen molar-refractivity contribution in [3.05, 3.63) is 39.5 Å². The number of ether oxygens (including phenoxy) is 1. The van der Waals surface area contributed by atoms with Crippen LogP contribution in [0.2, 0.25) is 0 Å². The maximum Gasteiger partial charge on any atom is 0.225 e. The second-order valence-electron chi connectivity index (χ2n) is 10.0. The molecular formula is C27H40N4O2S. The third-order valence-electron chi connectivity index (χ3n) is 7.37. The number of carbonyl (C=O) groups is 1.